The number of rotatable bonds is 7. The second-order valence-electron chi connectivity index (χ2n) is 8.00. The van der Waals surface area contributed by atoms with Gasteiger partial charge in [-0.05, 0) is 24.3 Å². The van der Waals surface area contributed by atoms with Gasteiger partial charge in [0.05, 0.1) is 32.0 Å². The molecular formula is C24H30N4O3S. The Kier molecular flexibility index (Phi) is 8.17. The summed E-state index contributed by atoms with van der Waals surface area (Å²) in [5.41, 5.74) is 0.825. The van der Waals surface area contributed by atoms with E-state index in [2.05, 4.69) is 27.2 Å². The van der Waals surface area contributed by atoms with Gasteiger partial charge < -0.3 is 15.0 Å². The molecule has 0 unspecified atom stereocenters. The summed E-state index contributed by atoms with van der Waals surface area (Å²) in [6.07, 6.45) is 0. The van der Waals surface area contributed by atoms with Gasteiger partial charge in [0.25, 0.3) is 0 Å². The van der Waals surface area contributed by atoms with Crippen LogP contribution in [0.25, 0.3) is 0 Å². The number of ether oxygens (including phenoxy) is 1. The first-order valence-corrected chi connectivity index (χ1v) is 11.9. The predicted molar refractivity (Wildman–Crippen MR) is 126 cm³/mol. The molecule has 2 aliphatic heterocycles. The average molecular weight is 455 g/mol. The molecule has 170 valence electrons. The van der Waals surface area contributed by atoms with Gasteiger partial charge in [0.2, 0.25) is 11.8 Å². The Morgan fingerprint density at radius 2 is 1.47 bits per heavy atom. The van der Waals surface area contributed by atoms with E-state index in [1.165, 1.54) is 0 Å². The highest BCUT2D eigenvalue weighted by atomic mass is 32.2. The van der Waals surface area contributed by atoms with E-state index >= 15 is 0 Å². The molecule has 8 heteroatoms. The number of benzene rings is 2. The number of hydrogen-bond acceptors (Lipinski definition) is 6. The number of nitrogens with zero attached hydrogens (tertiary/aromatic N) is 3. The maximum Gasteiger partial charge on any atom is 0.238 e. The molecule has 0 saturated carbocycles. The van der Waals surface area contributed by atoms with Gasteiger partial charge >= 0.3 is 0 Å². The van der Waals surface area contributed by atoms with E-state index in [-0.39, 0.29) is 11.8 Å². The van der Waals surface area contributed by atoms with Gasteiger partial charge in [-0.25, -0.2) is 0 Å². The molecule has 2 aromatic carbocycles. The Morgan fingerprint density at radius 1 is 0.812 bits per heavy atom. The normalized spacial score (nSPS) is 17.8. The molecule has 2 aromatic rings. The quantitative estimate of drug-likeness (QED) is 0.692. The molecule has 2 aliphatic rings. The first kappa shape index (κ1) is 22.8. The average Bonchev–Trinajstić information content (AvgIpc) is 2.82. The van der Waals surface area contributed by atoms with Gasteiger partial charge in [-0.1, -0.05) is 42.1 Å². The highest BCUT2D eigenvalue weighted by molar-refractivity contribution is 7.99. The third kappa shape index (κ3) is 6.56. The summed E-state index contributed by atoms with van der Waals surface area (Å²) in [7, 11) is 0. The van der Waals surface area contributed by atoms with Crippen molar-refractivity contribution in [2.24, 2.45) is 0 Å². The zero-order chi connectivity index (χ0) is 22.2. The summed E-state index contributed by atoms with van der Waals surface area (Å²) >= 11 is 1.64. The van der Waals surface area contributed by atoms with Gasteiger partial charge in [-0.15, -0.1) is 0 Å². The van der Waals surface area contributed by atoms with E-state index in [0.29, 0.717) is 52.5 Å². The smallest absolute Gasteiger partial charge is 0.238 e. The van der Waals surface area contributed by atoms with E-state index in [1.807, 2.05) is 47.4 Å². The van der Waals surface area contributed by atoms with Crippen LogP contribution in [-0.2, 0) is 14.3 Å². The van der Waals surface area contributed by atoms with Gasteiger partial charge in [0, 0.05) is 49.1 Å². The minimum absolute atomic E-state index is 0.0285. The first-order valence-electron chi connectivity index (χ1n) is 11.1. The Morgan fingerprint density at radius 3 is 2.22 bits per heavy atom. The van der Waals surface area contributed by atoms with Gasteiger partial charge in [-0.2, -0.15) is 0 Å². The number of hydrogen-bond donors (Lipinski definition) is 1. The molecule has 32 heavy (non-hydrogen) atoms. The van der Waals surface area contributed by atoms with Crippen molar-refractivity contribution >= 4 is 29.3 Å². The molecule has 7 nitrogen and oxygen atoms in total. The van der Waals surface area contributed by atoms with E-state index in [9.17, 15) is 9.59 Å². The van der Waals surface area contributed by atoms with Gasteiger partial charge in [0.1, 0.15) is 0 Å². The van der Waals surface area contributed by atoms with Crippen molar-refractivity contribution < 1.29 is 14.3 Å². The van der Waals surface area contributed by atoms with Crippen molar-refractivity contribution in [3.63, 3.8) is 0 Å². The van der Waals surface area contributed by atoms with Crippen molar-refractivity contribution in [2.45, 2.75) is 9.79 Å². The number of anilines is 1. The SMILES string of the molecule is O=C(CN1CCN(C(=O)CN2CCOCC2)CC1)Nc1ccccc1Sc1ccccc1. The number of nitrogens with one attached hydrogen (secondary N) is 1. The van der Waals surface area contributed by atoms with Crippen molar-refractivity contribution in [1.82, 2.24) is 14.7 Å². The lowest BCUT2D eigenvalue weighted by atomic mass is 10.2. The summed E-state index contributed by atoms with van der Waals surface area (Å²) in [5, 5.41) is 3.07. The van der Waals surface area contributed by atoms with Crippen LogP contribution in [0, 0.1) is 0 Å². The van der Waals surface area contributed by atoms with E-state index in [1.54, 1.807) is 11.8 Å². The molecule has 4 rings (SSSR count). The van der Waals surface area contributed by atoms with Crippen LogP contribution in [0.5, 0.6) is 0 Å². The van der Waals surface area contributed by atoms with Crippen LogP contribution < -0.4 is 5.32 Å². The van der Waals surface area contributed by atoms with Crippen LogP contribution in [0.4, 0.5) is 5.69 Å². The summed E-state index contributed by atoms with van der Waals surface area (Å²) in [5.74, 6) is 0.141. The molecule has 0 aliphatic carbocycles. The predicted octanol–water partition coefficient (Wildman–Crippen LogP) is 2.25. The maximum absolute atomic E-state index is 12.7. The molecule has 0 aromatic heterocycles. The third-order valence-electron chi connectivity index (χ3n) is 5.69. The Labute approximate surface area is 193 Å². The second-order valence-corrected chi connectivity index (χ2v) is 9.12. The highest BCUT2D eigenvalue weighted by Crippen LogP contribution is 2.33. The first-order chi connectivity index (χ1) is 15.7. The van der Waals surface area contributed by atoms with Crippen LogP contribution in [0.15, 0.2) is 64.4 Å². The van der Waals surface area contributed by atoms with Gasteiger partial charge in [-0.3, -0.25) is 19.4 Å². The van der Waals surface area contributed by atoms with Crippen molar-refractivity contribution in [3.8, 4) is 0 Å². The van der Waals surface area contributed by atoms with Crippen LogP contribution in [0.2, 0.25) is 0 Å². The molecule has 1 N–H and O–H groups in total. The molecule has 2 saturated heterocycles. The number of amides is 2. The van der Waals surface area contributed by atoms with Crippen LogP contribution in [0.3, 0.4) is 0 Å². The summed E-state index contributed by atoms with van der Waals surface area (Å²) < 4.78 is 5.34. The second kappa shape index (κ2) is 11.5. The fourth-order valence-electron chi connectivity index (χ4n) is 3.87. The van der Waals surface area contributed by atoms with Crippen LogP contribution in [-0.4, -0.2) is 92.1 Å². The number of morpholine rings is 1. The number of para-hydroxylation sites is 1. The van der Waals surface area contributed by atoms with Crippen LogP contribution in [0.1, 0.15) is 0 Å². The Bertz CT molecular complexity index is 897. The van der Waals surface area contributed by atoms with E-state index in [4.69, 9.17) is 4.74 Å². The Balaban J connectivity index is 1.24. The molecule has 2 fully saturated rings. The monoisotopic (exact) mass is 454 g/mol. The zero-order valence-corrected chi connectivity index (χ0v) is 19.1. The summed E-state index contributed by atoms with van der Waals surface area (Å²) in [6.45, 7) is 6.56. The van der Waals surface area contributed by atoms with Crippen molar-refractivity contribution in [1.29, 1.82) is 0 Å². The lowest BCUT2D eigenvalue weighted by Gasteiger charge is -2.36. The molecular weight excluding hydrogens is 424 g/mol. The lowest BCUT2D eigenvalue weighted by Crippen LogP contribution is -2.53. The summed E-state index contributed by atoms with van der Waals surface area (Å²) in [6, 6.07) is 18.0. The molecule has 0 radical (unpaired) electrons. The molecule has 2 amide bonds. The lowest BCUT2D eigenvalue weighted by molar-refractivity contribution is -0.135. The standard InChI is InChI=1S/C24H30N4O3S/c29-23(25-21-8-4-5-9-22(21)32-20-6-2-1-3-7-20)18-26-10-12-28(13-11-26)24(30)19-27-14-16-31-17-15-27/h1-9H,10-19H2,(H,25,29). The van der Waals surface area contributed by atoms with Crippen molar-refractivity contribution in [2.75, 3.05) is 70.9 Å². The largest absolute Gasteiger partial charge is 0.379 e. The number of carbonyl (C=O) groups excluding carboxylic acids is 2. The molecule has 0 atom stereocenters. The van der Waals surface area contributed by atoms with Crippen LogP contribution >= 0.6 is 11.8 Å². The van der Waals surface area contributed by atoms with E-state index < -0.39 is 0 Å². The molecule has 2 heterocycles. The third-order valence-corrected chi connectivity index (χ3v) is 6.77. The fourth-order valence-corrected chi connectivity index (χ4v) is 4.80. The zero-order valence-electron chi connectivity index (χ0n) is 18.2. The Hall–Kier alpha value is -2.39. The minimum Gasteiger partial charge on any atom is -0.379 e. The van der Waals surface area contributed by atoms with Crippen molar-refractivity contribution in [3.05, 3.63) is 54.6 Å². The highest BCUT2D eigenvalue weighted by Gasteiger charge is 2.24. The molecule has 0 bridgehead atoms. The van der Waals surface area contributed by atoms with E-state index in [0.717, 1.165) is 28.6 Å². The summed E-state index contributed by atoms with van der Waals surface area (Å²) in [4.78, 5) is 33.6. The minimum atomic E-state index is -0.0285. The van der Waals surface area contributed by atoms with Gasteiger partial charge in [0.15, 0.2) is 0 Å². The topological polar surface area (TPSA) is 65.1 Å². The maximum atomic E-state index is 12.7. The number of piperazine rings is 1. The fraction of sp³-hybridized carbons (Fsp3) is 0.417. The number of carbonyl (C=O) groups is 2. The molecule has 0 spiro atoms.